The number of methoxy groups -OCH3 is 1. The number of aromatic nitrogens is 2. The van der Waals surface area contributed by atoms with Crippen LogP contribution in [0.4, 0.5) is 5.69 Å². The highest BCUT2D eigenvalue weighted by atomic mass is 16.5. The van der Waals surface area contributed by atoms with Gasteiger partial charge in [0, 0.05) is 17.7 Å². The lowest BCUT2D eigenvalue weighted by atomic mass is 9.91. The SMILES string of the molecule is COc1cccc(NC(=O)c2cnn(-c3ccc(C(C)C)cc3)c2C2CCNCC2)c1. The highest BCUT2D eigenvalue weighted by Crippen LogP contribution is 2.31. The van der Waals surface area contributed by atoms with Crippen LogP contribution in [0.1, 0.15) is 60.1 Å². The molecule has 2 N–H and O–H groups in total. The van der Waals surface area contributed by atoms with Crippen LogP contribution in [0.5, 0.6) is 5.75 Å². The third kappa shape index (κ3) is 4.64. The Morgan fingerprint density at radius 3 is 2.58 bits per heavy atom. The zero-order valence-electron chi connectivity index (χ0n) is 18.4. The Kier molecular flexibility index (Phi) is 6.37. The topological polar surface area (TPSA) is 68.2 Å². The molecule has 1 fully saturated rings. The number of ether oxygens (including phenoxy) is 1. The van der Waals surface area contributed by atoms with E-state index in [1.165, 1.54) is 5.56 Å². The largest absolute Gasteiger partial charge is 0.497 e. The molecule has 0 bridgehead atoms. The second-order valence-electron chi connectivity index (χ2n) is 8.31. The van der Waals surface area contributed by atoms with Gasteiger partial charge >= 0.3 is 0 Å². The molecule has 1 aromatic heterocycles. The number of rotatable bonds is 6. The van der Waals surface area contributed by atoms with E-state index in [-0.39, 0.29) is 11.8 Å². The summed E-state index contributed by atoms with van der Waals surface area (Å²) in [4.78, 5) is 13.2. The monoisotopic (exact) mass is 418 g/mol. The fourth-order valence-electron chi connectivity index (χ4n) is 4.13. The van der Waals surface area contributed by atoms with E-state index in [0.29, 0.717) is 22.9 Å². The Balaban J connectivity index is 1.69. The van der Waals surface area contributed by atoms with Crippen LogP contribution in [-0.2, 0) is 0 Å². The Hall–Kier alpha value is -3.12. The quantitative estimate of drug-likeness (QED) is 0.608. The number of hydrogen-bond donors (Lipinski definition) is 2. The van der Waals surface area contributed by atoms with Crippen molar-refractivity contribution in [2.75, 3.05) is 25.5 Å². The average Bonchev–Trinajstić information content (AvgIpc) is 3.25. The predicted octanol–water partition coefficient (Wildman–Crippen LogP) is 4.72. The molecule has 0 unspecified atom stereocenters. The lowest BCUT2D eigenvalue weighted by Gasteiger charge is -2.25. The van der Waals surface area contributed by atoms with Crippen molar-refractivity contribution >= 4 is 11.6 Å². The molecule has 6 heteroatoms. The molecule has 0 saturated carbocycles. The second-order valence-corrected chi connectivity index (χ2v) is 8.31. The Morgan fingerprint density at radius 2 is 1.90 bits per heavy atom. The van der Waals surface area contributed by atoms with Gasteiger partial charge in [0.15, 0.2) is 0 Å². The first kappa shape index (κ1) is 21.1. The van der Waals surface area contributed by atoms with Crippen molar-refractivity contribution in [1.82, 2.24) is 15.1 Å². The van der Waals surface area contributed by atoms with E-state index >= 15 is 0 Å². The highest BCUT2D eigenvalue weighted by Gasteiger charge is 2.27. The van der Waals surface area contributed by atoms with Gasteiger partial charge in [0.2, 0.25) is 0 Å². The number of amides is 1. The van der Waals surface area contributed by atoms with Crippen LogP contribution in [-0.4, -0.2) is 35.9 Å². The highest BCUT2D eigenvalue weighted by molar-refractivity contribution is 6.05. The van der Waals surface area contributed by atoms with Gasteiger partial charge in [-0.1, -0.05) is 32.0 Å². The summed E-state index contributed by atoms with van der Waals surface area (Å²) in [5.74, 6) is 1.31. The number of anilines is 1. The van der Waals surface area contributed by atoms with Gasteiger partial charge < -0.3 is 15.4 Å². The van der Waals surface area contributed by atoms with Gasteiger partial charge in [0.05, 0.1) is 30.3 Å². The third-order valence-corrected chi connectivity index (χ3v) is 5.91. The van der Waals surface area contributed by atoms with Gasteiger partial charge in [-0.05, 0) is 61.7 Å². The minimum Gasteiger partial charge on any atom is -0.497 e. The van der Waals surface area contributed by atoms with Crippen molar-refractivity contribution in [2.45, 2.75) is 38.5 Å². The number of piperidine rings is 1. The van der Waals surface area contributed by atoms with Crippen molar-refractivity contribution in [3.05, 3.63) is 71.5 Å². The molecule has 2 heterocycles. The van der Waals surface area contributed by atoms with Gasteiger partial charge in [-0.3, -0.25) is 4.79 Å². The number of carbonyl (C=O) groups excluding carboxylic acids is 1. The maximum Gasteiger partial charge on any atom is 0.259 e. The zero-order valence-corrected chi connectivity index (χ0v) is 18.4. The molecular weight excluding hydrogens is 388 g/mol. The van der Waals surface area contributed by atoms with E-state index < -0.39 is 0 Å². The van der Waals surface area contributed by atoms with Gasteiger partial charge in [-0.15, -0.1) is 0 Å². The van der Waals surface area contributed by atoms with Gasteiger partial charge in [0.1, 0.15) is 5.75 Å². The first-order valence-corrected chi connectivity index (χ1v) is 10.9. The number of benzene rings is 2. The Morgan fingerprint density at radius 1 is 1.16 bits per heavy atom. The van der Waals surface area contributed by atoms with E-state index in [4.69, 9.17) is 4.74 Å². The van der Waals surface area contributed by atoms with Gasteiger partial charge in [-0.25, -0.2) is 4.68 Å². The number of nitrogens with zero attached hydrogens (tertiary/aromatic N) is 2. The third-order valence-electron chi connectivity index (χ3n) is 5.91. The summed E-state index contributed by atoms with van der Waals surface area (Å²) in [7, 11) is 1.62. The standard InChI is InChI=1S/C25H30N4O2/c1-17(2)18-7-9-21(10-8-18)29-24(19-11-13-26-14-12-19)23(16-27-29)25(30)28-20-5-4-6-22(15-20)31-3/h4-10,15-17,19,26H,11-14H2,1-3H3,(H,28,30). The molecule has 0 atom stereocenters. The Bertz CT molecular complexity index is 1030. The normalized spacial score (nSPS) is 14.6. The number of nitrogens with one attached hydrogen (secondary N) is 2. The van der Waals surface area contributed by atoms with Crippen molar-refractivity contribution in [3.63, 3.8) is 0 Å². The van der Waals surface area contributed by atoms with Crippen LogP contribution >= 0.6 is 0 Å². The summed E-state index contributed by atoms with van der Waals surface area (Å²) in [5.41, 5.74) is 4.59. The summed E-state index contributed by atoms with van der Waals surface area (Å²) >= 11 is 0. The van der Waals surface area contributed by atoms with Gasteiger partial charge in [-0.2, -0.15) is 5.10 Å². The fraction of sp³-hybridized carbons (Fsp3) is 0.360. The van der Waals surface area contributed by atoms with Gasteiger partial charge in [0.25, 0.3) is 5.91 Å². The molecule has 162 valence electrons. The lowest BCUT2D eigenvalue weighted by Crippen LogP contribution is -2.29. The summed E-state index contributed by atoms with van der Waals surface area (Å²) in [6.45, 7) is 6.26. The fourth-order valence-corrected chi connectivity index (χ4v) is 4.13. The molecular formula is C25H30N4O2. The summed E-state index contributed by atoms with van der Waals surface area (Å²) < 4.78 is 7.22. The van der Waals surface area contributed by atoms with Crippen molar-refractivity contribution < 1.29 is 9.53 Å². The summed E-state index contributed by atoms with van der Waals surface area (Å²) in [6, 6.07) is 15.9. The van der Waals surface area contributed by atoms with E-state index in [2.05, 4.69) is 53.8 Å². The maximum atomic E-state index is 13.2. The van der Waals surface area contributed by atoms with E-state index in [9.17, 15) is 4.79 Å². The molecule has 31 heavy (non-hydrogen) atoms. The molecule has 0 spiro atoms. The molecule has 1 saturated heterocycles. The van der Waals surface area contributed by atoms with Crippen LogP contribution in [0.3, 0.4) is 0 Å². The lowest BCUT2D eigenvalue weighted by molar-refractivity contribution is 0.102. The van der Waals surface area contributed by atoms with E-state index in [0.717, 1.165) is 37.3 Å². The van der Waals surface area contributed by atoms with Crippen LogP contribution in [0.2, 0.25) is 0 Å². The molecule has 1 aliphatic heterocycles. The second kappa shape index (κ2) is 9.35. The first-order chi connectivity index (χ1) is 15.1. The van der Waals surface area contributed by atoms with Crippen LogP contribution in [0, 0.1) is 0 Å². The first-order valence-electron chi connectivity index (χ1n) is 10.9. The summed E-state index contributed by atoms with van der Waals surface area (Å²) in [5, 5.41) is 11.1. The van der Waals surface area contributed by atoms with Crippen molar-refractivity contribution in [1.29, 1.82) is 0 Å². The molecule has 4 rings (SSSR count). The number of carbonyl (C=O) groups is 1. The molecule has 6 nitrogen and oxygen atoms in total. The minimum atomic E-state index is -0.146. The minimum absolute atomic E-state index is 0.146. The Labute approximate surface area is 183 Å². The van der Waals surface area contributed by atoms with Crippen LogP contribution in [0.25, 0.3) is 5.69 Å². The predicted molar refractivity (Wildman–Crippen MR) is 123 cm³/mol. The zero-order chi connectivity index (χ0) is 21.8. The average molecular weight is 419 g/mol. The molecule has 1 aliphatic rings. The molecule has 2 aromatic carbocycles. The van der Waals surface area contributed by atoms with E-state index in [1.807, 2.05) is 28.9 Å². The molecule has 0 aliphatic carbocycles. The number of hydrogen-bond acceptors (Lipinski definition) is 4. The molecule has 0 radical (unpaired) electrons. The van der Waals surface area contributed by atoms with Crippen molar-refractivity contribution in [2.24, 2.45) is 0 Å². The maximum absolute atomic E-state index is 13.2. The molecule has 3 aromatic rings. The summed E-state index contributed by atoms with van der Waals surface area (Å²) in [6.07, 6.45) is 3.66. The van der Waals surface area contributed by atoms with Crippen molar-refractivity contribution in [3.8, 4) is 11.4 Å². The smallest absolute Gasteiger partial charge is 0.259 e. The van der Waals surface area contributed by atoms with Crippen LogP contribution < -0.4 is 15.4 Å². The molecule has 1 amide bonds. The van der Waals surface area contributed by atoms with E-state index in [1.54, 1.807) is 13.3 Å². The van der Waals surface area contributed by atoms with Crippen LogP contribution in [0.15, 0.2) is 54.7 Å².